The molecule has 0 radical (unpaired) electrons. The molecule has 0 atom stereocenters. The molecule has 0 saturated heterocycles. The van der Waals surface area contributed by atoms with Crippen molar-refractivity contribution in [3.05, 3.63) is 48.7 Å². The third-order valence-electron chi connectivity index (χ3n) is 4.71. The minimum atomic E-state index is -0.00388. The lowest BCUT2D eigenvalue weighted by atomic mass is 9.95. The van der Waals surface area contributed by atoms with Crippen molar-refractivity contribution in [2.24, 2.45) is 7.05 Å². The molecule has 0 aliphatic heterocycles. The van der Waals surface area contributed by atoms with Crippen LogP contribution >= 0.6 is 11.8 Å². The summed E-state index contributed by atoms with van der Waals surface area (Å²) in [5, 5.41) is 4.83. The number of nitrogens with zero attached hydrogens (tertiary/aromatic N) is 4. The lowest BCUT2D eigenvalue weighted by Gasteiger charge is -2.28. The first-order chi connectivity index (χ1) is 12.2. The third-order valence-corrected chi connectivity index (χ3v) is 6.12. The van der Waals surface area contributed by atoms with Crippen molar-refractivity contribution in [2.75, 3.05) is 0 Å². The molecule has 0 unspecified atom stereocenters. The number of thioether (sulfide) groups is 1. The number of pyridine rings is 1. The summed E-state index contributed by atoms with van der Waals surface area (Å²) >= 11 is 1.85. The normalized spacial score (nSPS) is 20.7. The molecular weight excluding hydrogens is 334 g/mol. The highest BCUT2D eigenvalue weighted by atomic mass is 32.2. The van der Waals surface area contributed by atoms with Gasteiger partial charge in [0, 0.05) is 49.3 Å². The maximum absolute atomic E-state index is 12.5. The smallest absolute Gasteiger partial charge is 0.252 e. The van der Waals surface area contributed by atoms with Crippen LogP contribution in [0.3, 0.4) is 0 Å². The quantitative estimate of drug-likeness (QED) is 0.782. The van der Waals surface area contributed by atoms with Gasteiger partial charge < -0.3 is 14.3 Å². The number of hydrogen-bond acceptors (Lipinski definition) is 4. The summed E-state index contributed by atoms with van der Waals surface area (Å²) < 4.78 is 3.93. The van der Waals surface area contributed by atoms with E-state index in [0.29, 0.717) is 10.8 Å². The van der Waals surface area contributed by atoms with Crippen LogP contribution in [0.2, 0.25) is 0 Å². The Kier molecular flexibility index (Phi) is 4.48. The zero-order chi connectivity index (χ0) is 17.2. The highest BCUT2D eigenvalue weighted by Gasteiger charge is 2.24. The zero-order valence-electron chi connectivity index (χ0n) is 14.1. The fourth-order valence-electron chi connectivity index (χ4n) is 3.26. The van der Waals surface area contributed by atoms with Gasteiger partial charge in [0.15, 0.2) is 5.16 Å². The summed E-state index contributed by atoms with van der Waals surface area (Å²) in [6.07, 6.45) is 13.5. The predicted molar refractivity (Wildman–Crippen MR) is 97.8 cm³/mol. The molecule has 6 nitrogen and oxygen atoms in total. The van der Waals surface area contributed by atoms with Gasteiger partial charge in [0.1, 0.15) is 5.65 Å². The van der Waals surface area contributed by atoms with E-state index in [9.17, 15) is 4.79 Å². The lowest BCUT2D eigenvalue weighted by Crippen LogP contribution is -2.38. The summed E-state index contributed by atoms with van der Waals surface area (Å²) in [6, 6.07) is 3.96. The Hall–Kier alpha value is -2.28. The van der Waals surface area contributed by atoms with E-state index >= 15 is 0 Å². The van der Waals surface area contributed by atoms with E-state index in [4.69, 9.17) is 0 Å². The summed E-state index contributed by atoms with van der Waals surface area (Å²) in [5.74, 6) is -0.00388. The van der Waals surface area contributed by atoms with Crippen molar-refractivity contribution in [1.29, 1.82) is 0 Å². The highest BCUT2D eigenvalue weighted by Crippen LogP contribution is 2.32. The number of fused-ring (bicyclic) bond motifs is 1. The maximum Gasteiger partial charge on any atom is 0.252 e. The van der Waals surface area contributed by atoms with E-state index in [1.807, 2.05) is 60.1 Å². The first-order valence-electron chi connectivity index (χ1n) is 8.56. The SMILES string of the molecule is Cn1ccnc1SC1CCC(NC(=O)c2ccc3nccn3c2)CC1. The van der Waals surface area contributed by atoms with Gasteiger partial charge >= 0.3 is 0 Å². The number of rotatable bonds is 4. The third kappa shape index (κ3) is 3.56. The molecule has 1 N–H and O–H groups in total. The molecule has 4 rings (SSSR count). The van der Waals surface area contributed by atoms with Gasteiger partial charge in [-0.25, -0.2) is 9.97 Å². The zero-order valence-corrected chi connectivity index (χ0v) is 14.9. The van der Waals surface area contributed by atoms with Crippen molar-refractivity contribution in [3.8, 4) is 0 Å². The van der Waals surface area contributed by atoms with Crippen LogP contribution in [-0.4, -0.2) is 36.1 Å². The molecule has 1 fully saturated rings. The molecule has 3 aromatic rings. The highest BCUT2D eigenvalue weighted by molar-refractivity contribution is 7.99. The molecule has 1 aliphatic carbocycles. The summed E-state index contributed by atoms with van der Waals surface area (Å²) in [4.78, 5) is 21.1. The van der Waals surface area contributed by atoms with Crippen molar-refractivity contribution >= 4 is 23.3 Å². The van der Waals surface area contributed by atoms with Crippen LogP contribution in [0.15, 0.2) is 48.3 Å². The number of hydrogen-bond donors (Lipinski definition) is 1. The topological polar surface area (TPSA) is 64.2 Å². The predicted octanol–water partition coefficient (Wildman–Crippen LogP) is 2.90. The molecule has 1 saturated carbocycles. The minimum absolute atomic E-state index is 0.00388. The fraction of sp³-hybridized carbons (Fsp3) is 0.389. The lowest BCUT2D eigenvalue weighted by molar-refractivity contribution is 0.0927. The molecule has 1 aliphatic rings. The monoisotopic (exact) mass is 355 g/mol. The van der Waals surface area contributed by atoms with Gasteiger partial charge in [0.25, 0.3) is 5.91 Å². The average Bonchev–Trinajstić information content (AvgIpc) is 3.25. The molecule has 0 aromatic carbocycles. The Bertz CT molecular complexity index is 878. The van der Waals surface area contributed by atoms with Crippen LogP contribution in [0.1, 0.15) is 36.0 Å². The number of nitrogens with one attached hydrogen (secondary N) is 1. The van der Waals surface area contributed by atoms with Gasteiger partial charge in [-0.1, -0.05) is 11.8 Å². The van der Waals surface area contributed by atoms with Crippen molar-refractivity contribution in [1.82, 2.24) is 24.3 Å². The standard InChI is InChI=1S/C18H21N5OS/c1-22-10-8-20-18(22)25-15-5-3-14(4-6-15)21-17(24)13-2-7-16-19-9-11-23(16)12-13/h2,7-12,14-15H,3-6H2,1H3,(H,21,24). The van der Waals surface area contributed by atoms with Gasteiger partial charge in [-0.2, -0.15) is 0 Å². The Balaban J connectivity index is 1.32. The minimum Gasteiger partial charge on any atom is -0.349 e. The molecule has 7 heteroatoms. The van der Waals surface area contributed by atoms with Crippen LogP contribution in [0.5, 0.6) is 0 Å². The van der Waals surface area contributed by atoms with Crippen LogP contribution < -0.4 is 5.32 Å². The number of carbonyl (C=O) groups is 1. The number of carbonyl (C=O) groups excluding carboxylic acids is 1. The van der Waals surface area contributed by atoms with Crippen LogP contribution in [0.25, 0.3) is 5.65 Å². The second kappa shape index (κ2) is 6.92. The fourth-order valence-corrected chi connectivity index (χ4v) is 4.42. The molecule has 25 heavy (non-hydrogen) atoms. The van der Waals surface area contributed by atoms with Crippen LogP contribution in [0.4, 0.5) is 0 Å². The Morgan fingerprint density at radius 3 is 2.72 bits per heavy atom. The van der Waals surface area contributed by atoms with Gasteiger partial charge in [-0.05, 0) is 37.8 Å². The molecule has 130 valence electrons. The first kappa shape index (κ1) is 16.2. The average molecular weight is 355 g/mol. The number of imidazole rings is 2. The summed E-state index contributed by atoms with van der Waals surface area (Å²) in [6.45, 7) is 0. The van der Waals surface area contributed by atoms with Crippen LogP contribution in [-0.2, 0) is 7.05 Å². The van der Waals surface area contributed by atoms with E-state index < -0.39 is 0 Å². The molecule has 3 heterocycles. The molecule has 1 amide bonds. The van der Waals surface area contributed by atoms with Gasteiger partial charge in [-0.3, -0.25) is 4.79 Å². The number of amides is 1. The van der Waals surface area contributed by atoms with Gasteiger partial charge in [-0.15, -0.1) is 0 Å². The Morgan fingerprint density at radius 2 is 1.96 bits per heavy atom. The van der Waals surface area contributed by atoms with E-state index in [1.165, 1.54) is 0 Å². The molecule has 3 aromatic heterocycles. The summed E-state index contributed by atoms with van der Waals surface area (Å²) in [5.41, 5.74) is 1.53. The van der Waals surface area contributed by atoms with Crippen molar-refractivity contribution in [3.63, 3.8) is 0 Å². The van der Waals surface area contributed by atoms with Crippen molar-refractivity contribution < 1.29 is 4.79 Å². The van der Waals surface area contributed by atoms with Gasteiger partial charge in [0.05, 0.1) is 5.56 Å². The second-order valence-corrected chi connectivity index (χ2v) is 7.76. The molecule has 0 spiro atoms. The van der Waals surface area contributed by atoms with E-state index in [2.05, 4.69) is 19.9 Å². The maximum atomic E-state index is 12.5. The molecule has 0 bridgehead atoms. The van der Waals surface area contributed by atoms with Crippen molar-refractivity contribution in [2.45, 2.75) is 42.1 Å². The van der Waals surface area contributed by atoms with Gasteiger partial charge in [0.2, 0.25) is 0 Å². The first-order valence-corrected chi connectivity index (χ1v) is 9.44. The number of aryl methyl sites for hydroxylation is 1. The second-order valence-electron chi connectivity index (χ2n) is 6.50. The van der Waals surface area contributed by atoms with E-state index in [0.717, 1.165) is 36.5 Å². The largest absolute Gasteiger partial charge is 0.349 e. The Labute approximate surface area is 150 Å². The van der Waals surface area contributed by atoms with Crippen LogP contribution in [0, 0.1) is 0 Å². The Morgan fingerprint density at radius 1 is 1.16 bits per heavy atom. The molecular formula is C18H21N5OS. The van der Waals surface area contributed by atoms with E-state index in [-0.39, 0.29) is 11.9 Å². The van der Waals surface area contributed by atoms with E-state index in [1.54, 1.807) is 6.20 Å². The summed E-state index contributed by atoms with van der Waals surface area (Å²) in [7, 11) is 2.03. The number of aromatic nitrogens is 4.